The van der Waals surface area contributed by atoms with Crippen LogP contribution >= 0.6 is 0 Å². The number of non-ortho nitro benzene ring substituents is 1. The van der Waals surface area contributed by atoms with Gasteiger partial charge in [0, 0.05) is 31.9 Å². The number of nitrogens with zero attached hydrogens (tertiary/aromatic N) is 2. The summed E-state index contributed by atoms with van der Waals surface area (Å²) in [7, 11) is 3.57. The molecule has 5 nitrogen and oxygen atoms in total. The molecule has 0 aromatic heterocycles. The zero-order chi connectivity index (χ0) is 12.1. The predicted octanol–water partition coefficient (Wildman–Crippen LogP) is 1.39. The molecule has 1 aromatic rings. The Labute approximate surface area is 93.0 Å². The topological polar surface area (TPSA) is 58.4 Å². The van der Waals surface area contributed by atoms with Crippen molar-refractivity contribution < 1.29 is 9.31 Å². The van der Waals surface area contributed by atoms with E-state index in [2.05, 4.69) is 5.32 Å². The normalized spacial score (nSPS) is 10.2. The summed E-state index contributed by atoms with van der Waals surface area (Å²) in [6.45, 7) is 1.37. The van der Waals surface area contributed by atoms with E-state index in [1.165, 1.54) is 12.1 Å². The van der Waals surface area contributed by atoms with Crippen LogP contribution in [0.5, 0.6) is 0 Å². The first-order chi connectivity index (χ1) is 7.54. The van der Waals surface area contributed by atoms with Crippen LogP contribution in [0.2, 0.25) is 0 Å². The van der Waals surface area contributed by atoms with E-state index in [0.29, 0.717) is 12.2 Å². The number of rotatable bonds is 5. The highest BCUT2D eigenvalue weighted by molar-refractivity contribution is 5.53. The van der Waals surface area contributed by atoms with Gasteiger partial charge >= 0.3 is 0 Å². The predicted molar refractivity (Wildman–Crippen MR) is 60.3 cm³/mol. The standard InChI is InChI=1S/C10H14FN3O2/c1-12-3-4-13(2)9-5-8(11)6-10(7-9)14(15)16/h5-7,12H,3-4H2,1-2H3. The van der Waals surface area contributed by atoms with E-state index in [-0.39, 0.29) is 5.69 Å². The largest absolute Gasteiger partial charge is 0.373 e. The minimum atomic E-state index is -0.599. The number of nitro benzene ring substituents is 1. The third-order valence-electron chi connectivity index (χ3n) is 2.22. The number of nitro groups is 1. The molecule has 0 spiro atoms. The summed E-state index contributed by atoms with van der Waals surface area (Å²) >= 11 is 0. The van der Waals surface area contributed by atoms with E-state index in [4.69, 9.17) is 0 Å². The minimum absolute atomic E-state index is 0.230. The summed E-state index contributed by atoms with van der Waals surface area (Å²) in [4.78, 5) is 11.7. The first-order valence-corrected chi connectivity index (χ1v) is 4.85. The molecule has 0 aliphatic rings. The summed E-state index contributed by atoms with van der Waals surface area (Å²) in [6, 6.07) is 3.55. The highest BCUT2D eigenvalue weighted by Crippen LogP contribution is 2.22. The van der Waals surface area contributed by atoms with Gasteiger partial charge in [-0.2, -0.15) is 0 Å². The average molecular weight is 227 g/mol. The molecule has 88 valence electrons. The van der Waals surface area contributed by atoms with E-state index >= 15 is 0 Å². The molecular weight excluding hydrogens is 213 g/mol. The molecule has 16 heavy (non-hydrogen) atoms. The fraction of sp³-hybridized carbons (Fsp3) is 0.400. The second-order valence-corrected chi connectivity index (χ2v) is 3.45. The van der Waals surface area contributed by atoms with Gasteiger partial charge in [0.15, 0.2) is 0 Å². The molecule has 0 aliphatic carbocycles. The molecule has 1 aromatic carbocycles. The highest BCUT2D eigenvalue weighted by atomic mass is 19.1. The van der Waals surface area contributed by atoms with E-state index in [1.54, 1.807) is 11.9 Å². The maximum Gasteiger partial charge on any atom is 0.274 e. The zero-order valence-electron chi connectivity index (χ0n) is 9.24. The van der Waals surface area contributed by atoms with Gasteiger partial charge in [-0.3, -0.25) is 10.1 Å². The highest BCUT2D eigenvalue weighted by Gasteiger charge is 2.11. The lowest BCUT2D eigenvalue weighted by molar-refractivity contribution is -0.385. The van der Waals surface area contributed by atoms with Crippen molar-refractivity contribution in [3.05, 3.63) is 34.1 Å². The van der Waals surface area contributed by atoms with Gasteiger partial charge in [-0.25, -0.2) is 4.39 Å². The number of hydrogen-bond donors (Lipinski definition) is 1. The van der Waals surface area contributed by atoms with Crippen LogP contribution in [0.4, 0.5) is 15.8 Å². The molecule has 0 unspecified atom stereocenters. The summed E-state index contributed by atoms with van der Waals surface area (Å²) in [5.41, 5.74) is 0.272. The van der Waals surface area contributed by atoms with Gasteiger partial charge in [0.25, 0.3) is 5.69 Å². The lowest BCUT2D eigenvalue weighted by atomic mass is 10.2. The van der Waals surface area contributed by atoms with Crippen LogP contribution < -0.4 is 10.2 Å². The van der Waals surface area contributed by atoms with Crippen LogP contribution in [0.15, 0.2) is 18.2 Å². The van der Waals surface area contributed by atoms with Crippen LogP contribution in [0.25, 0.3) is 0 Å². The molecule has 0 saturated carbocycles. The first kappa shape index (κ1) is 12.4. The van der Waals surface area contributed by atoms with Gasteiger partial charge in [0.05, 0.1) is 11.0 Å². The van der Waals surface area contributed by atoms with Gasteiger partial charge in [-0.05, 0) is 13.1 Å². The van der Waals surface area contributed by atoms with Gasteiger partial charge in [0.1, 0.15) is 5.82 Å². The smallest absolute Gasteiger partial charge is 0.274 e. The second kappa shape index (κ2) is 5.41. The number of hydrogen-bond acceptors (Lipinski definition) is 4. The second-order valence-electron chi connectivity index (χ2n) is 3.45. The van der Waals surface area contributed by atoms with E-state index in [1.807, 2.05) is 7.05 Å². The molecule has 0 aliphatic heterocycles. The molecule has 0 bridgehead atoms. The Kier molecular flexibility index (Phi) is 4.19. The molecule has 0 heterocycles. The third-order valence-corrected chi connectivity index (χ3v) is 2.22. The monoisotopic (exact) mass is 227 g/mol. The number of anilines is 1. The SMILES string of the molecule is CNCCN(C)c1cc(F)cc([N+](=O)[O-])c1. The van der Waals surface area contributed by atoms with Gasteiger partial charge in [0.2, 0.25) is 0 Å². The Morgan fingerprint density at radius 1 is 1.50 bits per heavy atom. The van der Waals surface area contributed by atoms with Gasteiger partial charge in [-0.15, -0.1) is 0 Å². The number of benzene rings is 1. The first-order valence-electron chi connectivity index (χ1n) is 4.85. The van der Waals surface area contributed by atoms with Crippen LogP contribution in [0, 0.1) is 15.9 Å². The third kappa shape index (κ3) is 3.16. The minimum Gasteiger partial charge on any atom is -0.373 e. The van der Waals surface area contributed by atoms with E-state index in [0.717, 1.165) is 12.6 Å². The van der Waals surface area contributed by atoms with E-state index in [9.17, 15) is 14.5 Å². The fourth-order valence-electron chi connectivity index (χ4n) is 1.29. The fourth-order valence-corrected chi connectivity index (χ4v) is 1.29. The molecule has 0 saturated heterocycles. The van der Waals surface area contributed by atoms with Crippen LogP contribution in [0.1, 0.15) is 0 Å². The molecule has 0 amide bonds. The van der Waals surface area contributed by atoms with E-state index < -0.39 is 10.7 Å². The molecule has 0 fully saturated rings. The Morgan fingerprint density at radius 2 is 2.19 bits per heavy atom. The molecular formula is C10H14FN3O2. The van der Waals surface area contributed by atoms with Crippen molar-refractivity contribution in [1.29, 1.82) is 0 Å². The van der Waals surface area contributed by atoms with Crippen molar-refractivity contribution in [2.45, 2.75) is 0 Å². The quantitative estimate of drug-likeness (QED) is 0.610. The maximum atomic E-state index is 13.1. The van der Waals surface area contributed by atoms with Crippen molar-refractivity contribution in [3.63, 3.8) is 0 Å². The molecule has 1 rings (SSSR count). The Morgan fingerprint density at radius 3 is 2.75 bits per heavy atom. The van der Waals surface area contributed by atoms with Crippen molar-refractivity contribution in [2.75, 3.05) is 32.1 Å². The summed E-state index contributed by atoms with van der Waals surface area (Å²) in [5, 5.41) is 13.5. The summed E-state index contributed by atoms with van der Waals surface area (Å²) in [5.74, 6) is -0.597. The molecule has 6 heteroatoms. The zero-order valence-corrected chi connectivity index (χ0v) is 9.24. The summed E-state index contributed by atoms with van der Waals surface area (Å²) < 4.78 is 13.1. The van der Waals surface area contributed by atoms with Crippen LogP contribution in [-0.2, 0) is 0 Å². The molecule has 0 atom stereocenters. The van der Waals surface area contributed by atoms with Crippen molar-refractivity contribution in [2.24, 2.45) is 0 Å². The number of likely N-dealkylation sites (N-methyl/N-ethyl adjacent to an activating group) is 2. The number of halogens is 1. The lowest BCUT2D eigenvalue weighted by Gasteiger charge is -2.18. The Hall–Kier alpha value is -1.69. The lowest BCUT2D eigenvalue weighted by Crippen LogP contribution is -2.27. The van der Waals surface area contributed by atoms with Crippen LogP contribution in [0.3, 0.4) is 0 Å². The molecule has 1 N–H and O–H groups in total. The number of nitrogens with one attached hydrogen (secondary N) is 1. The average Bonchev–Trinajstić information content (AvgIpc) is 2.24. The van der Waals surface area contributed by atoms with Gasteiger partial charge in [-0.1, -0.05) is 0 Å². The Bertz CT molecular complexity index is 384. The van der Waals surface area contributed by atoms with Crippen molar-refractivity contribution in [3.8, 4) is 0 Å². The molecule has 0 radical (unpaired) electrons. The van der Waals surface area contributed by atoms with Crippen molar-refractivity contribution in [1.82, 2.24) is 5.32 Å². The van der Waals surface area contributed by atoms with Gasteiger partial charge < -0.3 is 10.2 Å². The summed E-state index contributed by atoms with van der Waals surface area (Å²) in [6.07, 6.45) is 0. The Balaban J connectivity index is 2.91. The van der Waals surface area contributed by atoms with Crippen molar-refractivity contribution >= 4 is 11.4 Å². The van der Waals surface area contributed by atoms with Crippen LogP contribution in [-0.4, -0.2) is 32.1 Å². The maximum absolute atomic E-state index is 13.1.